The topological polar surface area (TPSA) is 46.2 Å². The van der Waals surface area contributed by atoms with Crippen molar-refractivity contribution in [1.82, 2.24) is 4.72 Å². The summed E-state index contributed by atoms with van der Waals surface area (Å²) in [5.74, 6) is 0.772. The van der Waals surface area contributed by atoms with E-state index >= 15 is 0 Å². The van der Waals surface area contributed by atoms with Crippen LogP contribution < -0.4 is 4.72 Å². The smallest absolute Gasteiger partial charge is 0.208 e. The van der Waals surface area contributed by atoms with Gasteiger partial charge in [0, 0.05) is 10.5 Å². The van der Waals surface area contributed by atoms with Crippen molar-refractivity contribution in [2.45, 2.75) is 50.0 Å². The quantitative estimate of drug-likeness (QED) is 0.904. The van der Waals surface area contributed by atoms with E-state index in [9.17, 15) is 8.42 Å². The molecule has 0 unspecified atom stereocenters. The molecule has 0 spiro atoms. The van der Waals surface area contributed by atoms with Crippen molar-refractivity contribution >= 4 is 26.0 Å². The fourth-order valence-corrected chi connectivity index (χ4v) is 4.16. The minimum Gasteiger partial charge on any atom is -0.208 e. The van der Waals surface area contributed by atoms with Gasteiger partial charge in [0.1, 0.15) is 0 Å². The van der Waals surface area contributed by atoms with Gasteiger partial charge in [-0.05, 0) is 55.9 Å². The molecular weight excluding hydrogens is 326 g/mol. The first-order valence-electron chi connectivity index (χ1n) is 6.79. The highest BCUT2D eigenvalue weighted by Gasteiger charge is 2.24. The normalized spacial score (nSPS) is 24.3. The van der Waals surface area contributed by atoms with Crippen molar-refractivity contribution in [2.75, 3.05) is 0 Å². The summed E-state index contributed by atoms with van der Waals surface area (Å²) in [6.07, 6.45) is 5.36. The monoisotopic (exact) mass is 345 g/mol. The van der Waals surface area contributed by atoms with Crippen LogP contribution in [0.2, 0.25) is 0 Å². The highest BCUT2D eigenvalue weighted by atomic mass is 79.9. The molecule has 0 saturated heterocycles. The lowest BCUT2D eigenvalue weighted by molar-refractivity contribution is 0.306. The third kappa shape index (κ3) is 4.04. The molecule has 1 N–H and O–H groups in total. The Bertz CT molecular complexity index is 505. The van der Waals surface area contributed by atoms with E-state index in [1.54, 1.807) is 24.3 Å². The van der Waals surface area contributed by atoms with E-state index < -0.39 is 10.0 Å². The van der Waals surface area contributed by atoms with Crippen LogP contribution in [0.3, 0.4) is 0 Å². The lowest BCUT2D eigenvalue weighted by Crippen LogP contribution is -2.37. The lowest BCUT2D eigenvalue weighted by Gasteiger charge is -2.28. The summed E-state index contributed by atoms with van der Waals surface area (Å²) in [4.78, 5) is 0.341. The number of halogens is 1. The summed E-state index contributed by atoms with van der Waals surface area (Å²) >= 11 is 3.31. The van der Waals surface area contributed by atoms with Crippen molar-refractivity contribution in [1.29, 1.82) is 0 Å². The van der Waals surface area contributed by atoms with Crippen LogP contribution in [0, 0.1) is 5.92 Å². The molecule has 3 nitrogen and oxygen atoms in total. The molecule has 0 heterocycles. The van der Waals surface area contributed by atoms with Crippen LogP contribution in [-0.2, 0) is 10.0 Å². The highest BCUT2D eigenvalue weighted by molar-refractivity contribution is 9.10. The zero-order valence-electron chi connectivity index (χ0n) is 11.1. The van der Waals surface area contributed by atoms with Crippen LogP contribution in [0.1, 0.15) is 39.0 Å². The van der Waals surface area contributed by atoms with E-state index in [2.05, 4.69) is 27.6 Å². The third-order valence-electron chi connectivity index (χ3n) is 3.87. The SMILES string of the molecule is CCC1CCC(NS(=O)(=O)c2ccc(Br)cc2)CC1. The van der Waals surface area contributed by atoms with E-state index in [0.717, 1.165) is 36.1 Å². The minimum atomic E-state index is -3.37. The molecule has 0 radical (unpaired) electrons. The summed E-state index contributed by atoms with van der Waals surface area (Å²) in [7, 11) is -3.37. The number of nitrogens with one attached hydrogen (secondary N) is 1. The second-order valence-corrected chi connectivity index (χ2v) is 7.83. The maximum absolute atomic E-state index is 12.2. The summed E-state index contributed by atoms with van der Waals surface area (Å²) < 4.78 is 28.2. The van der Waals surface area contributed by atoms with Crippen LogP contribution in [0.25, 0.3) is 0 Å². The van der Waals surface area contributed by atoms with Crippen LogP contribution in [0.5, 0.6) is 0 Å². The summed E-state index contributed by atoms with van der Waals surface area (Å²) in [5, 5.41) is 0. The molecule has 0 aliphatic heterocycles. The van der Waals surface area contributed by atoms with Crippen molar-refractivity contribution in [2.24, 2.45) is 5.92 Å². The van der Waals surface area contributed by atoms with Gasteiger partial charge in [-0.15, -0.1) is 0 Å². The zero-order valence-corrected chi connectivity index (χ0v) is 13.5. The molecule has 106 valence electrons. The van der Waals surface area contributed by atoms with Gasteiger partial charge >= 0.3 is 0 Å². The first-order chi connectivity index (χ1) is 9.01. The number of rotatable bonds is 4. The largest absolute Gasteiger partial charge is 0.240 e. The second kappa shape index (κ2) is 6.37. The Morgan fingerprint density at radius 3 is 2.26 bits per heavy atom. The summed E-state index contributed by atoms with van der Waals surface area (Å²) in [5.41, 5.74) is 0. The van der Waals surface area contributed by atoms with Crippen molar-refractivity contribution in [3.05, 3.63) is 28.7 Å². The average molecular weight is 346 g/mol. The predicted octanol–water partition coefficient (Wildman–Crippen LogP) is 3.70. The molecule has 1 fully saturated rings. The lowest BCUT2D eigenvalue weighted by atomic mass is 9.85. The van der Waals surface area contributed by atoms with Crippen LogP contribution in [0.15, 0.2) is 33.6 Å². The first-order valence-corrected chi connectivity index (χ1v) is 9.07. The molecule has 0 bridgehead atoms. The van der Waals surface area contributed by atoms with E-state index in [4.69, 9.17) is 0 Å². The Kier molecular flexibility index (Phi) is 5.03. The number of hydrogen-bond acceptors (Lipinski definition) is 2. The Labute approximate surface area is 124 Å². The van der Waals surface area contributed by atoms with Gasteiger partial charge in [0.2, 0.25) is 10.0 Å². The molecule has 1 saturated carbocycles. The molecule has 19 heavy (non-hydrogen) atoms. The second-order valence-electron chi connectivity index (χ2n) is 5.20. The van der Waals surface area contributed by atoms with Gasteiger partial charge in [-0.25, -0.2) is 13.1 Å². The Morgan fingerprint density at radius 1 is 1.16 bits per heavy atom. The molecule has 1 aliphatic rings. The molecular formula is C14H20BrNO2S. The van der Waals surface area contributed by atoms with Crippen molar-refractivity contribution in [3.8, 4) is 0 Å². The zero-order chi connectivity index (χ0) is 13.9. The first kappa shape index (κ1) is 15.0. The predicted molar refractivity (Wildman–Crippen MR) is 80.5 cm³/mol. The fourth-order valence-electron chi connectivity index (χ4n) is 2.59. The Hall–Kier alpha value is -0.390. The minimum absolute atomic E-state index is 0.0939. The van der Waals surface area contributed by atoms with Gasteiger partial charge in [-0.2, -0.15) is 0 Å². The van der Waals surface area contributed by atoms with Crippen LogP contribution in [0.4, 0.5) is 0 Å². The summed E-state index contributed by atoms with van der Waals surface area (Å²) in [6, 6.07) is 6.86. The van der Waals surface area contributed by atoms with Crippen LogP contribution in [-0.4, -0.2) is 14.5 Å². The molecule has 0 amide bonds. The molecule has 1 aromatic carbocycles. The van der Waals surface area contributed by atoms with Crippen LogP contribution >= 0.6 is 15.9 Å². The van der Waals surface area contributed by atoms with Crippen molar-refractivity contribution < 1.29 is 8.42 Å². The molecule has 1 aliphatic carbocycles. The van der Waals surface area contributed by atoms with Gasteiger partial charge in [-0.1, -0.05) is 29.3 Å². The standard InChI is InChI=1S/C14H20BrNO2S/c1-2-11-3-7-13(8-4-11)16-19(17,18)14-9-5-12(15)6-10-14/h5-6,9-11,13,16H,2-4,7-8H2,1H3. The molecule has 5 heteroatoms. The van der Waals surface area contributed by atoms with E-state index in [-0.39, 0.29) is 6.04 Å². The van der Waals surface area contributed by atoms with Gasteiger partial charge < -0.3 is 0 Å². The molecule has 1 aromatic rings. The fraction of sp³-hybridized carbons (Fsp3) is 0.571. The third-order valence-corrected chi connectivity index (χ3v) is 5.93. The van der Waals surface area contributed by atoms with Crippen molar-refractivity contribution in [3.63, 3.8) is 0 Å². The van der Waals surface area contributed by atoms with E-state index in [1.165, 1.54) is 6.42 Å². The van der Waals surface area contributed by atoms with E-state index in [0.29, 0.717) is 4.90 Å². The van der Waals surface area contributed by atoms with Gasteiger partial charge in [0.15, 0.2) is 0 Å². The molecule has 0 atom stereocenters. The Morgan fingerprint density at radius 2 is 1.74 bits per heavy atom. The van der Waals surface area contributed by atoms with Gasteiger partial charge in [0.05, 0.1) is 4.90 Å². The number of hydrogen-bond donors (Lipinski definition) is 1. The van der Waals surface area contributed by atoms with Gasteiger partial charge in [-0.3, -0.25) is 0 Å². The van der Waals surface area contributed by atoms with E-state index in [1.807, 2.05) is 0 Å². The highest BCUT2D eigenvalue weighted by Crippen LogP contribution is 2.27. The molecule has 2 rings (SSSR count). The number of benzene rings is 1. The molecule has 0 aromatic heterocycles. The maximum atomic E-state index is 12.2. The van der Waals surface area contributed by atoms with Gasteiger partial charge in [0.25, 0.3) is 0 Å². The maximum Gasteiger partial charge on any atom is 0.240 e. The Balaban J connectivity index is 2.00. The average Bonchev–Trinajstić information content (AvgIpc) is 2.40. The number of sulfonamides is 1. The summed E-state index contributed by atoms with van der Waals surface area (Å²) in [6.45, 7) is 2.21.